The minimum absolute atomic E-state index is 0.0120. The molecule has 3 N–H and O–H groups in total. The third kappa shape index (κ3) is 7.07. The van der Waals surface area contributed by atoms with Crippen LogP contribution in [0.5, 0.6) is 0 Å². The fourth-order valence-corrected chi connectivity index (χ4v) is 2.29. The molecule has 0 aliphatic carbocycles. The van der Waals surface area contributed by atoms with Gasteiger partial charge in [-0.1, -0.05) is 20.8 Å². The van der Waals surface area contributed by atoms with Crippen LogP contribution in [0, 0.1) is 5.41 Å². The summed E-state index contributed by atoms with van der Waals surface area (Å²) in [6, 6.07) is 2.26. The monoisotopic (exact) mass is 375 g/mol. The summed E-state index contributed by atoms with van der Waals surface area (Å²) >= 11 is 0. The van der Waals surface area contributed by atoms with Gasteiger partial charge in [-0.3, -0.25) is 4.99 Å². The van der Waals surface area contributed by atoms with Gasteiger partial charge < -0.3 is 20.7 Å². The van der Waals surface area contributed by atoms with Gasteiger partial charge in [0.2, 0.25) is 0 Å². The standard InChI is InChI=1S/C17H28F3N5O/c1-16(2,3)13(26-5)11-25-15(21-4)24-10-9-23-14-12(17(18,19)20)7-6-8-22-14/h6-8,13H,9-11H2,1-5H3,(H,22,23)(H2,21,24,25). The highest BCUT2D eigenvalue weighted by atomic mass is 19.4. The van der Waals surface area contributed by atoms with Crippen LogP contribution in [-0.4, -0.2) is 50.8 Å². The smallest absolute Gasteiger partial charge is 0.379 e. The number of guanidine groups is 1. The molecule has 1 rings (SSSR count). The molecule has 0 saturated heterocycles. The van der Waals surface area contributed by atoms with Crippen LogP contribution >= 0.6 is 0 Å². The fraction of sp³-hybridized carbons (Fsp3) is 0.647. The molecule has 0 fully saturated rings. The van der Waals surface area contributed by atoms with E-state index in [0.717, 1.165) is 6.07 Å². The largest absolute Gasteiger partial charge is 0.419 e. The SMILES string of the molecule is CN=C(NCCNc1ncccc1C(F)(F)F)NCC(OC)C(C)(C)C. The molecule has 6 nitrogen and oxygen atoms in total. The van der Waals surface area contributed by atoms with Gasteiger partial charge >= 0.3 is 6.18 Å². The summed E-state index contributed by atoms with van der Waals surface area (Å²) in [7, 11) is 3.28. The van der Waals surface area contributed by atoms with E-state index in [1.165, 1.54) is 12.3 Å². The number of hydrogen-bond donors (Lipinski definition) is 3. The molecule has 9 heteroatoms. The minimum Gasteiger partial charge on any atom is -0.379 e. The summed E-state index contributed by atoms with van der Waals surface area (Å²) in [5, 5.41) is 8.89. The maximum absolute atomic E-state index is 12.9. The van der Waals surface area contributed by atoms with Gasteiger partial charge in [-0.2, -0.15) is 13.2 Å². The molecule has 1 unspecified atom stereocenters. The molecule has 1 heterocycles. The van der Waals surface area contributed by atoms with Gasteiger partial charge in [0, 0.05) is 40.0 Å². The number of ether oxygens (including phenoxy) is 1. The third-order valence-corrected chi connectivity index (χ3v) is 3.75. The topological polar surface area (TPSA) is 70.6 Å². The summed E-state index contributed by atoms with van der Waals surface area (Å²) in [6.07, 6.45) is -3.13. The molecule has 1 atom stereocenters. The highest BCUT2D eigenvalue weighted by Gasteiger charge is 2.33. The number of hydrogen-bond acceptors (Lipinski definition) is 4. The summed E-state index contributed by atoms with van der Waals surface area (Å²) in [5.41, 5.74) is -0.814. The van der Waals surface area contributed by atoms with Gasteiger partial charge in [0.15, 0.2) is 5.96 Å². The van der Waals surface area contributed by atoms with Crippen molar-refractivity contribution in [1.82, 2.24) is 15.6 Å². The number of aliphatic imine (C=N–C) groups is 1. The number of methoxy groups -OCH3 is 1. The molecule has 0 aliphatic rings. The molecule has 1 aromatic rings. The Labute approximate surface area is 152 Å². The Morgan fingerprint density at radius 2 is 1.92 bits per heavy atom. The molecular weight excluding hydrogens is 347 g/mol. The number of halogens is 3. The Morgan fingerprint density at radius 3 is 2.46 bits per heavy atom. The summed E-state index contributed by atoms with van der Waals surface area (Å²) < 4.78 is 44.2. The molecule has 0 aromatic carbocycles. The molecule has 0 amide bonds. The van der Waals surface area contributed by atoms with Gasteiger partial charge in [-0.05, 0) is 17.5 Å². The van der Waals surface area contributed by atoms with E-state index < -0.39 is 11.7 Å². The average Bonchev–Trinajstić information content (AvgIpc) is 2.55. The van der Waals surface area contributed by atoms with E-state index in [4.69, 9.17) is 4.74 Å². The van der Waals surface area contributed by atoms with E-state index in [9.17, 15) is 13.2 Å². The third-order valence-electron chi connectivity index (χ3n) is 3.75. The van der Waals surface area contributed by atoms with Crippen LogP contribution in [0.2, 0.25) is 0 Å². The van der Waals surface area contributed by atoms with Crippen molar-refractivity contribution < 1.29 is 17.9 Å². The first-order valence-electron chi connectivity index (χ1n) is 8.33. The van der Waals surface area contributed by atoms with E-state index in [-0.39, 0.29) is 23.9 Å². The number of pyridine rings is 1. The molecule has 1 aromatic heterocycles. The van der Waals surface area contributed by atoms with Gasteiger partial charge in [-0.25, -0.2) is 4.98 Å². The number of alkyl halides is 3. The van der Waals surface area contributed by atoms with Crippen LogP contribution in [0.15, 0.2) is 23.3 Å². The van der Waals surface area contributed by atoms with Crippen molar-refractivity contribution in [3.8, 4) is 0 Å². The van der Waals surface area contributed by atoms with Gasteiger partial charge in [0.1, 0.15) is 5.82 Å². The number of anilines is 1. The molecular formula is C17H28F3N5O. The van der Waals surface area contributed by atoms with Crippen LogP contribution in [0.25, 0.3) is 0 Å². The Hall–Kier alpha value is -2.03. The van der Waals surface area contributed by atoms with Crippen molar-refractivity contribution in [3.05, 3.63) is 23.9 Å². The average molecular weight is 375 g/mol. The van der Waals surface area contributed by atoms with Crippen molar-refractivity contribution in [2.24, 2.45) is 10.4 Å². The van der Waals surface area contributed by atoms with Crippen molar-refractivity contribution in [1.29, 1.82) is 0 Å². The zero-order chi connectivity index (χ0) is 19.8. The van der Waals surface area contributed by atoms with Crippen LogP contribution in [0.3, 0.4) is 0 Å². The molecule has 0 aliphatic heterocycles. The summed E-state index contributed by atoms with van der Waals surface area (Å²) in [6.45, 7) is 7.43. The second kappa shape index (κ2) is 9.61. The lowest BCUT2D eigenvalue weighted by molar-refractivity contribution is -0.137. The maximum atomic E-state index is 12.9. The highest BCUT2D eigenvalue weighted by Crippen LogP contribution is 2.33. The first-order chi connectivity index (χ1) is 12.1. The van der Waals surface area contributed by atoms with Crippen molar-refractivity contribution in [2.75, 3.05) is 39.1 Å². The van der Waals surface area contributed by atoms with E-state index in [2.05, 4.69) is 46.7 Å². The molecule has 0 bridgehead atoms. The van der Waals surface area contributed by atoms with Gasteiger partial charge in [-0.15, -0.1) is 0 Å². The lowest BCUT2D eigenvalue weighted by atomic mass is 9.89. The molecule has 0 radical (unpaired) electrons. The number of nitrogens with one attached hydrogen (secondary N) is 3. The lowest BCUT2D eigenvalue weighted by Gasteiger charge is -2.30. The van der Waals surface area contributed by atoms with Crippen molar-refractivity contribution in [2.45, 2.75) is 33.1 Å². The molecule has 0 spiro atoms. The van der Waals surface area contributed by atoms with E-state index >= 15 is 0 Å². The Balaban J connectivity index is 2.48. The second-order valence-corrected chi connectivity index (χ2v) is 6.79. The zero-order valence-corrected chi connectivity index (χ0v) is 15.9. The van der Waals surface area contributed by atoms with Crippen molar-refractivity contribution >= 4 is 11.8 Å². The van der Waals surface area contributed by atoms with Gasteiger partial charge in [0.05, 0.1) is 11.7 Å². The maximum Gasteiger partial charge on any atom is 0.419 e. The molecule has 0 saturated carbocycles. The highest BCUT2D eigenvalue weighted by molar-refractivity contribution is 5.79. The van der Waals surface area contributed by atoms with E-state index in [1.54, 1.807) is 14.2 Å². The Kier molecular flexibility index (Phi) is 8.13. The van der Waals surface area contributed by atoms with Gasteiger partial charge in [0.25, 0.3) is 0 Å². The summed E-state index contributed by atoms with van der Waals surface area (Å²) in [4.78, 5) is 7.85. The predicted molar refractivity (Wildman–Crippen MR) is 97.3 cm³/mol. The first kappa shape index (κ1) is 22.0. The quantitative estimate of drug-likeness (QED) is 0.388. The van der Waals surface area contributed by atoms with Crippen LogP contribution < -0.4 is 16.0 Å². The Morgan fingerprint density at radius 1 is 1.23 bits per heavy atom. The fourth-order valence-electron chi connectivity index (χ4n) is 2.29. The zero-order valence-electron chi connectivity index (χ0n) is 15.9. The van der Waals surface area contributed by atoms with Crippen molar-refractivity contribution in [3.63, 3.8) is 0 Å². The molecule has 26 heavy (non-hydrogen) atoms. The van der Waals surface area contributed by atoms with Crippen LogP contribution in [0.1, 0.15) is 26.3 Å². The molecule has 148 valence electrons. The lowest BCUT2D eigenvalue weighted by Crippen LogP contribution is -2.46. The summed E-state index contributed by atoms with van der Waals surface area (Å²) in [5.74, 6) is 0.368. The van der Waals surface area contributed by atoms with E-state index in [0.29, 0.717) is 19.0 Å². The normalized spacial score (nSPS) is 14.1. The second-order valence-electron chi connectivity index (χ2n) is 6.79. The number of nitrogens with zero attached hydrogens (tertiary/aromatic N) is 2. The number of rotatable bonds is 7. The Bertz CT molecular complexity index is 584. The predicted octanol–water partition coefficient (Wildman–Crippen LogP) is 2.74. The number of aromatic nitrogens is 1. The van der Waals surface area contributed by atoms with E-state index in [1.807, 2.05) is 0 Å². The van der Waals surface area contributed by atoms with Crippen LogP contribution in [0.4, 0.5) is 19.0 Å². The first-order valence-corrected chi connectivity index (χ1v) is 8.33. The minimum atomic E-state index is -4.44. The van der Waals surface area contributed by atoms with Crippen LogP contribution in [-0.2, 0) is 10.9 Å².